The number of nitrogens with one attached hydrogen (secondary N) is 1. The molecule has 0 aromatic heterocycles. The second-order valence-electron chi connectivity index (χ2n) is 5.35. The molecule has 0 saturated carbocycles. The second-order valence-corrected chi connectivity index (χ2v) is 7.53. The Bertz CT molecular complexity index is 641. The molecular formula is C14H18F3NO3S. The van der Waals surface area contributed by atoms with Crippen LogP contribution in [-0.2, 0) is 20.8 Å². The van der Waals surface area contributed by atoms with Crippen LogP contribution in [0.3, 0.4) is 0 Å². The van der Waals surface area contributed by atoms with E-state index in [9.17, 15) is 26.4 Å². The lowest BCUT2D eigenvalue weighted by Crippen LogP contribution is -2.34. The van der Waals surface area contributed by atoms with Crippen molar-refractivity contribution in [1.29, 1.82) is 0 Å². The van der Waals surface area contributed by atoms with Crippen molar-refractivity contribution in [2.24, 2.45) is 5.92 Å². The van der Waals surface area contributed by atoms with Gasteiger partial charge in [0, 0.05) is 12.2 Å². The lowest BCUT2D eigenvalue weighted by Gasteiger charge is -2.18. The maximum absolute atomic E-state index is 12.7. The molecule has 0 radical (unpaired) electrons. The van der Waals surface area contributed by atoms with Crippen molar-refractivity contribution in [3.63, 3.8) is 0 Å². The van der Waals surface area contributed by atoms with Crippen molar-refractivity contribution in [3.8, 4) is 0 Å². The lowest BCUT2D eigenvalue weighted by molar-refractivity contribution is -0.137. The Hall–Kier alpha value is -1.57. The normalized spacial score (nSPS) is 15.2. The minimum absolute atomic E-state index is 0.301. The van der Waals surface area contributed by atoms with Crippen LogP contribution >= 0.6 is 0 Å². The maximum Gasteiger partial charge on any atom is 0.416 e. The fourth-order valence-corrected chi connectivity index (χ4v) is 3.01. The zero-order valence-corrected chi connectivity index (χ0v) is 13.3. The highest BCUT2D eigenvalue weighted by molar-refractivity contribution is 7.90. The molecule has 1 amide bonds. The highest BCUT2D eigenvalue weighted by atomic mass is 32.2. The van der Waals surface area contributed by atoms with Crippen molar-refractivity contribution >= 4 is 15.7 Å². The van der Waals surface area contributed by atoms with E-state index >= 15 is 0 Å². The van der Waals surface area contributed by atoms with Crippen LogP contribution in [0.25, 0.3) is 0 Å². The largest absolute Gasteiger partial charge is 0.416 e. The van der Waals surface area contributed by atoms with Gasteiger partial charge in [-0.25, -0.2) is 8.42 Å². The fourth-order valence-electron chi connectivity index (χ4n) is 1.95. The molecular weight excluding hydrogens is 319 g/mol. The van der Waals surface area contributed by atoms with Gasteiger partial charge in [0.1, 0.15) is 9.84 Å². The topological polar surface area (TPSA) is 63.2 Å². The molecule has 8 heteroatoms. The summed E-state index contributed by atoms with van der Waals surface area (Å²) in [6.07, 6.45) is -3.43. The van der Waals surface area contributed by atoms with Crippen LogP contribution in [0.5, 0.6) is 0 Å². The number of amides is 1. The monoisotopic (exact) mass is 337 g/mol. The van der Waals surface area contributed by atoms with Crippen molar-refractivity contribution in [3.05, 3.63) is 35.4 Å². The Kier molecular flexibility index (Phi) is 5.61. The van der Waals surface area contributed by atoms with Crippen LogP contribution in [0.2, 0.25) is 0 Å². The third-order valence-electron chi connectivity index (χ3n) is 3.07. The number of alkyl halides is 3. The van der Waals surface area contributed by atoms with Gasteiger partial charge in [-0.1, -0.05) is 19.1 Å². The van der Waals surface area contributed by atoms with Crippen LogP contribution in [0.4, 0.5) is 13.2 Å². The van der Waals surface area contributed by atoms with E-state index in [1.54, 1.807) is 6.92 Å². The van der Waals surface area contributed by atoms with Gasteiger partial charge in [-0.3, -0.25) is 4.79 Å². The molecule has 0 heterocycles. The third-order valence-corrected chi connectivity index (χ3v) is 4.18. The van der Waals surface area contributed by atoms with Gasteiger partial charge in [-0.2, -0.15) is 13.2 Å². The minimum atomic E-state index is -4.46. The highest BCUT2D eigenvalue weighted by Crippen LogP contribution is 2.30. The van der Waals surface area contributed by atoms with Crippen molar-refractivity contribution in [2.75, 3.05) is 12.0 Å². The van der Waals surface area contributed by atoms with Crippen LogP contribution < -0.4 is 5.32 Å². The van der Waals surface area contributed by atoms with Gasteiger partial charge in [-0.15, -0.1) is 0 Å². The number of sulfone groups is 1. The number of carbonyl (C=O) groups excluding carboxylic acids is 1. The molecule has 0 saturated heterocycles. The summed E-state index contributed by atoms with van der Waals surface area (Å²) in [6, 6.07) is 4.00. The first kappa shape index (κ1) is 18.5. The summed E-state index contributed by atoms with van der Waals surface area (Å²) in [4.78, 5) is 11.9. The molecule has 22 heavy (non-hydrogen) atoms. The Balaban J connectivity index is 2.81. The van der Waals surface area contributed by atoms with Gasteiger partial charge >= 0.3 is 6.18 Å². The lowest BCUT2D eigenvalue weighted by atomic mass is 10.0. The van der Waals surface area contributed by atoms with Gasteiger partial charge in [-0.05, 0) is 24.6 Å². The summed E-state index contributed by atoms with van der Waals surface area (Å²) >= 11 is 0. The number of halogens is 3. The predicted molar refractivity (Wildman–Crippen MR) is 76.9 cm³/mol. The molecule has 1 N–H and O–H groups in total. The predicted octanol–water partition coefficient (Wildman–Crippen LogP) is 2.56. The van der Waals surface area contributed by atoms with E-state index in [4.69, 9.17) is 0 Å². The summed E-state index contributed by atoms with van der Waals surface area (Å²) in [7, 11) is -3.30. The Labute approximate surface area is 127 Å². The van der Waals surface area contributed by atoms with Crippen LogP contribution in [-0.4, -0.2) is 26.3 Å². The molecule has 0 aliphatic rings. The van der Waals surface area contributed by atoms with E-state index in [-0.39, 0.29) is 5.75 Å². The van der Waals surface area contributed by atoms with Crippen molar-refractivity contribution < 1.29 is 26.4 Å². The quantitative estimate of drug-likeness (QED) is 0.898. The number of benzene rings is 1. The molecule has 0 spiro atoms. The number of carbonyl (C=O) groups is 1. The van der Waals surface area contributed by atoms with E-state index in [0.29, 0.717) is 5.56 Å². The summed E-state index contributed by atoms with van der Waals surface area (Å²) in [5, 5.41) is 2.53. The fraction of sp³-hybridized carbons (Fsp3) is 0.500. The molecule has 124 valence electrons. The van der Waals surface area contributed by atoms with E-state index in [0.717, 1.165) is 18.4 Å². The third kappa shape index (κ3) is 5.67. The SMILES string of the molecule is C[C@H](CS(C)(=O)=O)C(=O)N[C@H](C)c1cccc(C(F)(F)F)c1. The highest BCUT2D eigenvalue weighted by Gasteiger charge is 2.31. The number of hydrogen-bond acceptors (Lipinski definition) is 3. The molecule has 0 aliphatic heterocycles. The van der Waals surface area contributed by atoms with Gasteiger partial charge < -0.3 is 5.32 Å². The van der Waals surface area contributed by atoms with E-state index in [1.165, 1.54) is 19.1 Å². The van der Waals surface area contributed by atoms with Crippen molar-refractivity contribution in [1.82, 2.24) is 5.32 Å². The van der Waals surface area contributed by atoms with E-state index in [1.807, 2.05) is 0 Å². The van der Waals surface area contributed by atoms with Gasteiger partial charge in [0.05, 0.1) is 17.4 Å². The standard InChI is InChI=1S/C14H18F3NO3S/c1-9(8-22(3,20)21)13(19)18-10(2)11-5-4-6-12(7-11)14(15,16)17/h4-7,9-10H,8H2,1-3H3,(H,18,19)/t9-,10-/m1/s1. The smallest absolute Gasteiger partial charge is 0.349 e. The molecule has 4 nitrogen and oxygen atoms in total. The van der Waals surface area contributed by atoms with Gasteiger partial charge in [0.15, 0.2) is 0 Å². The Morgan fingerprint density at radius 2 is 1.86 bits per heavy atom. The minimum Gasteiger partial charge on any atom is -0.349 e. The number of rotatable bonds is 5. The molecule has 0 aliphatic carbocycles. The zero-order valence-electron chi connectivity index (χ0n) is 12.4. The molecule has 0 fully saturated rings. The first-order chi connectivity index (χ1) is 9.90. The maximum atomic E-state index is 12.7. The summed E-state index contributed by atoms with van der Waals surface area (Å²) < 4.78 is 60.3. The van der Waals surface area contributed by atoms with Gasteiger partial charge in [0.2, 0.25) is 5.91 Å². The van der Waals surface area contributed by atoms with Crippen molar-refractivity contribution in [2.45, 2.75) is 26.1 Å². The molecule has 0 unspecified atom stereocenters. The van der Waals surface area contributed by atoms with Gasteiger partial charge in [0.25, 0.3) is 0 Å². The van der Waals surface area contributed by atoms with Crippen LogP contribution in [0, 0.1) is 5.92 Å². The molecule has 2 atom stereocenters. The van der Waals surface area contributed by atoms with E-state index < -0.39 is 39.4 Å². The molecule has 0 bridgehead atoms. The summed E-state index contributed by atoms with van der Waals surface area (Å²) in [5.74, 6) is -1.60. The van der Waals surface area contributed by atoms with Crippen LogP contribution in [0.1, 0.15) is 31.0 Å². The average Bonchev–Trinajstić information content (AvgIpc) is 2.35. The summed E-state index contributed by atoms with van der Waals surface area (Å²) in [5.41, 5.74) is -0.495. The van der Waals surface area contributed by atoms with E-state index in [2.05, 4.69) is 5.32 Å². The second kappa shape index (κ2) is 6.68. The first-order valence-electron chi connectivity index (χ1n) is 6.55. The zero-order chi connectivity index (χ0) is 17.1. The average molecular weight is 337 g/mol. The molecule has 1 rings (SSSR count). The summed E-state index contributed by atoms with van der Waals surface area (Å²) in [6.45, 7) is 3.00. The Morgan fingerprint density at radius 3 is 2.36 bits per heavy atom. The number of hydrogen-bond donors (Lipinski definition) is 1. The molecule has 1 aromatic rings. The van der Waals surface area contributed by atoms with Crippen LogP contribution in [0.15, 0.2) is 24.3 Å². The Morgan fingerprint density at radius 1 is 1.27 bits per heavy atom. The first-order valence-corrected chi connectivity index (χ1v) is 8.61. The molecule has 1 aromatic carbocycles.